The Morgan fingerprint density at radius 2 is 1.76 bits per heavy atom. The molecule has 0 saturated carbocycles. The molecule has 0 aromatic heterocycles. The lowest BCUT2D eigenvalue weighted by atomic mass is 9.76. The summed E-state index contributed by atoms with van der Waals surface area (Å²) in [6.45, 7) is 5.39. The second-order valence-corrected chi connectivity index (χ2v) is 8.97. The highest BCUT2D eigenvalue weighted by Gasteiger charge is 2.31. The molecule has 2 N–H and O–H groups in total. The first kappa shape index (κ1) is 21.5. The van der Waals surface area contributed by atoms with Gasteiger partial charge in [0.05, 0.1) is 21.7 Å². The minimum atomic E-state index is -1.01. The van der Waals surface area contributed by atoms with E-state index in [0.717, 1.165) is 23.1 Å². The van der Waals surface area contributed by atoms with Crippen LogP contribution in [-0.2, 0) is 4.74 Å². The standard InChI is InChI=1S/C22H23Cl2NO4/c1-22(2,3)29-21(28)25-19-9-7-14(12-5-8-17(23)18(24)11-12)15-6-4-13(20(26)27)10-16(15)19/h4-6,8,10-11,14,19H,7,9H2,1-3H3,(H,25,28)(H,26,27). The van der Waals surface area contributed by atoms with Crippen LogP contribution in [0.2, 0.25) is 10.0 Å². The van der Waals surface area contributed by atoms with E-state index in [4.69, 9.17) is 27.9 Å². The van der Waals surface area contributed by atoms with Crippen molar-refractivity contribution in [2.75, 3.05) is 0 Å². The number of benzene rings is 2. The molecule has 1 amide bonds. The van der Waals surface area contributed by atoms with Crippen molar-refractivity contribution in [2.45, 2.75) is 51.2 Å². The first-order chi connectivity index (χ1) is 13.5. The lowest BCUT2D eigenvalue weighted by Gasteiger charge is -2.33. The predicted molar refractivity (Wildman–Crippen MR) is 113 cm³/mol. The van der Waals surface area contributed by atoms with Crippen LogP contribution in [0.3, 0.4) is 0 Å². The number of nitrogens with one attached hydrogen (secondary N) is 1. The summed E-state index contributed by atoms with van der Waals surface area (Å²) in [5, 5.41) is 13.3. The molecule has 2 aromatic rings. The number of carbonyl (C=O) groups excluding carboxylic acids is 1. The summed E-state index contributed by atoms with van der Waals surface area (Å²) in [5.74, 6) is -0.986. The molecule has 2 atom stereocenters. The van der Waals surface area contributed by atoms with Crippen LogP contribution in [0, 0.1) is 0 Å². The van der Waals surface area contributed by atoms with Gasteiger partial charge < -0.3 is 15.2 Å². The third kappa shape index (κ3) is 5.03. The monoisotopic (exact) mass is 435 g/mol. The average Bonchev–Trinajstić information content (AvgIpc) is 2.62. The number of alkyl carbamates (subject to hydrolysis) is 1. The van der Waals surface area contributed by atoms with Crippen molar-refractivity contribution in [1.29, 1.82) is 0 Å². The molecule has 0 saturated heterocycles. The van der Waals surface area contributed by atoms with E-state index in [1.54, 1.807) is 39.0 Å². The Bertz CT molecular complexity index is 952. The van der Waals surface area contributed by atoms with Crippen molar-refractivity contribution in [3.05, 3.63) is 68.7 Å². The number of carboxylic acid groups (broad SMARTS) is 1. The molecule has 0 aliphatic heterocycles. The summed E-state index contributed by atoms with van der Waals surface area (Å²) in [4.78, 5) is 23.8. The number of aromatic carboxylic acids is 1. The molecule has 0 heterocycles. The molecule has 7 heteroatoms. The van der Waals surface area contributed by atoms with E-state index in [9.17, 15) is 14.7 Å². The van der Waals surface area contributed by atoms with Crippen molar-refractivity contribution >= 4 is 35.3 Å². The molecule has 154 valence electrons. The summed E-state index contributed by atoms with van der Waals surface area (Å²) >= 11 is 12.3. The smallest absolute Gasteiger partial charge is 0.408 e. The molecule has 2 aromatic carbocycles. The average molecular weight is 436 g/mol. The van der Waals surface area contributed by atoms with Gasteiger partial charge in [0.15, 0.2) is 0 Å². The third-order valence-electron chi connectivity index (χ3n) is 4.87. The van der Waals surface area contributed by atoms with Crippen LogP contribution in [0.25, 0.3) is 0 Å². The summed E-state index contributed by atoms with van der Waals surface area (Å²) < 4.78 is 5.38. The summed E-state index contributed by atoms with van der Waals surface area (Å²) in [6, 6.07) is 10.2. The maximum Gasteiger partial charge on any atom is 0.408 e. The molecule has 0 fully saturated rings. The molecular formula is C22H23Cl2NO4. The molecule has 0 radical (unpaired) electrons. The molecule has 1 aliphatic rings. The number of fused-ring (bicyclic) bond motifs is 1. The summed E-state index contributed by atoms with van der Waals surface area (Å²) in [7, 11) is 0. The molecule has 1 aliphatic carbocycles. The first-order valence-corrected chi connectivity index (χ1v) is 10.1. The molecular weight excluding hydrogens is 413 g/mol. The van der Waals surface area contributed by atoms with Gasteiger partial charge in [0.1, 0.15) is 5.60 Å². The third-order valence-corrected chi connectivity index (χ3v) is 5.60. The molecule has 2 unspecified atom stereocenters. The Morgan fingerprint density at radius 1 is 1.03 bits per heavy atom. The van der Waals surface area contributed by atoms with Gasteiger partial charge in [-0.15, -0.1) is 0 Å². The Labute approximate surface area is 180 Å². The van der Waals surface area contributed by atoms with Gasteiger partial charge >= 0.3 is 12.1 Å². The number of hydrogen-bond donors (Lipinski definition) is 2. The zero-order chi connectivity index (χ0) is 21.3. The van der Waals surface area contributed by atoms with E-state index >= 15 is 0 Å². The molecule has 0 spiro atoms. The zero-order valence-electron chi connectivity index (χ0n) is 16.5. The van der Waals surface area contributed by atoms with Crippen LogP contribution >= 0.6 is 23.2 Å². The lowest BCUT2D eigenvalue weighted by molar-refractivity contribution is 0.0498. The fourth-order valence-electron chi connectivity index (χ4n) is 3.65. The minimum absolute atomic E-state index is 0.0271. The van der Waals surface area contributed by atoms with Gasteiger partial charge in [-0.05, 0) is 74.6 Å². The maximum absolute atomic E-state index is 12.3. The second kappa shape index (κ2) is 8.25. The van der Waals surface area contributed by atoms with Gasteiger partial charge in [-0.25, -0.2) is 9.59 Å². The zero-order valence-corrected chi connectivity index (χ0v) is 18.0. The van der Waals surface area contributed by atoms with E-state index in [0.29, 0.717) is 16.5 Å². The van der Waals surface area contributed by atoms with Crippen molar-refractivity contribution in [3.63, 3.8) is 0 Å². The number of hydrogen-bond acceptors (Lipinski definition) is 3. The normalized spacial score (nSPS) is 18.7. The van der Waals surface area contributed by atoms with Crippen molar-refractivity contribution < 1.29 is 19.4 Å². The van der Waals surface area contributed by atoms with Crippen LogP contribution < -0.4 is 5.32 Å². The quantitative estimate of drug-likeness (QED) is 0.602. The number of carbonyl (C=O) groups is 2. The Morgan fingerprint density at radius 3 is 2.38 bits per heavy atom. The maximum atomic E-state index is 12.3. The van der Waals surface area contributed by atoms with E-state index in [1.807, 2.05) is 18.2 Å². The van der Waals surface area contributed by atoms with Crippen molar-refractivity contribution in [1.82, 2.24) is 5.32 Å². The van der Waals surface area contributed by atoms with Gasteiger partial charge in [0.25, 0.3) is 0 Å². The topological polar surface area (TPSA) is 75.6 Å². The van der Waals surface area contributed by atoms with Gasteiger partial charge in [-0.3, -0.25) is 0 Å². The minimum Gasteiger partial charge on any atom is -0.478 e. The van der Waals surface area contributed by atoms with E-state index < -0.39 is 17.7 Å². The Hall–Kier alpha value is -2.24. The first-order valence-electron chi connectivity index (χ1n) is 9.37. The van der Waals surface area contributed by atoms with Crippen LogP contribution in [0.4, 0.5) is 4.79 Å². The van der Waals surface area contributed by atoms with Crippen LogP contribution in [-0.4, -0.2) is 22.8 Å². The van der Waals surface area contributed by atoms with E-state index in [2.05, 4.69) is 5.32 Å². The number of carboxylic acids is 1. The highest BCUT2D eigenvalue weighted by atomic mass is 35.5. The lowest BCUT2D eigenvalue weighted by Crippen LogP contribution is -2.36. The largest absolute Gasteiger partial charge is 0.478 e. The number of rotatable bonds is 3. The van der Waals surface area contributed by atoms with Gasteiger partial charge in [-0.1, -0.05) is 35.3 Å². The molecule has 29 heavy (non-hydrogen) atoms. The van der Waals surface area contributed by atoms with E-state index in [1.165, 1.54) is 0 Å². The van der Waals surface area contributed by atoms with Gasteiger partial charge in [0.2, 0.25) is 0 Å². The number of amides is 1. The van der Waals surface area contributed by atoms with Crippen LogP contribution in [0.15, 0.2) is 36.4 Å². The second-order valence-electron chi connectivity index (χ2n) is 8.15. The fraction of sp³-hybridized carbons (Fsp3) is 0.364. The van der Waals surface area contributed by atoms with Gasteiger partial charge in [0, 0.05) is 5.92 Å². The van der Waals surface area contributed by atoms with Crippen LogP contribution in [0.5, 0.6) is 0 Å². The Balaban J connectivity index is 1.98. The highest BCUT2D eigenvalue weighted by Crippen LogP contribution is 2.43. The summed E-state index contributed by atoms with van der Waals surface area (Å²) in [6.07, 6.45) is 0.875. The number of ether oxygens (including phenoxy) is 1. The van der Waals surface area contributed by atoms with Crippen LogP contribution in [0.1, 0.15) is 72.6 Å². The van der Waals surface area contributed by atoms with Gasteiger partial charge in [-0.2, -0.15) is 0 Å². The Kier molecular flexibility index (Phi) is 6.11. The molecule has 5 nitrogen and oxygen atoms in total. The number of halogens is 2. The predicted octanol–water partition coefficient (Wildman–Crippen LogP) is 6.18. The van der Waals surface area contributed by atoms with Crippen molar-refractivity contribution in [3.8, 4) is 0 Å². The molecule has 3 rings (SSSR count). The van der Waals surface area contributed by atoms with Crippen molar-refractivity contribution in [2.24, 2.45) is 0 Å². The fourth-order valence-corrected chi connectivity index (χ4v) is 3.95. The molecule has 0 bridgehead atoms. The summed E-state index contributed by atoms with van der Waals surface area (Å²) in [5.41, 5.74) is 2.29. The SMILES string of the molecule is CC(C)(C)OC(=O)NC1CCC(c2ccc(Cl)c(Cl)c2)c2ccc(C(=O)O)cc21. The van der Waals surface area contributed by atoms with E-state index in [-0.39, 0.29) is 17.5 Å². The highest BCUT2D eigenvalue weighted by molar-refractivity contribution is 6.42.